The Morgan fingerprint density at radius 1 is 1.39 bits per heavy atom. The summed E-state index contributed by atoms with van der Waals surface area (Å²) in [4.78, 5) is 13.3. The molecule has 2 rings (SSSR count). The molecule has 0 bridgehead atoms. The fourth-order valence-corrected chi connectivity index (χ4v) is 1.83. The minimum atomic E-state index is -0.377. The summed E-state index contributed by atoms with van der Waals surface area (Å²) in [5.74, 6) is -0.240. The van der Waals surface area contributed by atoms with E-state index in [9.17, 15) is 4.79 Å². The van der Waals surface area contributed by atoms with Crippen molar-refractivity contribution in [1.82, 2.24) is 5.27 Å². The number of halogens is 1. The zero-order chi connectivity index (χ0) is 13.1. The highest BCUT2D eigenvalue weighted by Gasteiger charge is 2.19. The number of hydrogen-bond acceptors (Lipinski definition) is 4. The lowest BCUT2D eigenvalue weighted by molar-refractivity contribution is -0.762. The van der Waals surface area contributed by atoms with Crippen molar-refractivity contribution in [1.29, 1.82) is 0 Å². The van der Waals surface area contributed by atoms with Gasteiger partial charge in [-0.1, -0.05) is 30.3 Å². The number of carbonyl (C=O) groups is 1. The highest BCUT2D eigenvalue weighted by Crippen LogP contribution is 2.26. The van der Waals surface area contributed by atoms with Crippen LogP contribution in [0.5, 0.6) is 0 Å². The lowest BCUT2D eigenvalue weighted by Gasteiger charge is -2.13. The number of benzene rings is 1. The van der Waals surface area contributed by atoms with Crippen LogP contribution in [0.3, 0.4) is 0 Å². The summed E-state index contributed by atoms with van der Waals surface area (Å²) >= 11 is 3.27. The number of amides is 1. The van der Waals surface area contributed by atoms with Gasteiger partial charge in [0, 0.05) is 15.9 Å². The molecule has 0 aliphatic carbocycles. The maximum Gasteiger partial charge on any atom is 0.333 e. The summed E-state index contributed by atoms with van der Waals surface area (Å²) in [6.07, 6.45) is 0. The van der Waals surface area contributed by atoms with Gasteiger partial charge in [-0.3, -0.25) is 0 Å². The molecule has 18 heavy (non-hydrogen) atoms. The summed E-state index contributed by atoms with van der Waals surface area (Å²) in [5, 5.41) is 9.29. The summed E-state index contributed by atoms with van der Waals surface area (Å²) in [5.41, 5.74) is 0.497. The van der Waals surface area contributed by atoms with Crippen LogP contribution >= 0.6 is 15.9 Å². The van der Waals surface area contributed by atoms with E-state index in [0.29, 0.717) is 10.2 Å². The Balaban J connectivity index is 2.18. The SMILES string of the molecule is CN(C)[n+]1noc([N-]C(=O)c2ccccc2)c1Br. The van der Waals surface area contributed by atoms with Crippen LogP contribution in [0.4, 0.5) is 5.88 Å². The number of nitrogens with zero attached hydrogens (tertiary/aromatic N) is 4. The highest BCUT2D eigenvalue weighted by molar-refractivity contribution is 9.10. The molecular weight excluding hydrogens is 300 g/mol. The van der Waals surface area contributed by atoms with Gasteiger partial charge in [-0.2, -0.15) is 5.01 Å². The Kier molecular flexibility index (Phi) is 3.61. The molecule has 1 amide bonds. The number of rotatable bonds is 3. The van der Waals surface area contributed by atoms with E-state index in [2.05, 4.69) is 26.5 Å². The Labute approximate surface area is 112 Å². The van der Waals surface area contributed by atoms with E-state index in [0.717, 1.165) is 0 Å². The van der Waals surface area contributed by atoms with Gasteiger partial charge in [-0.05, 0) is 5.56 Å². The van der Waals surface area contributed by atoms with Crippen molar-refractivity contribution in [3.63, 3.8) is 0 Å². The predicted octanol–water partition coefficient (Wildman–Crippen LogP) is 1.77. The second-order valence-corrected chi connectivity index (χ2v) is 4.44. The van der Waals surface area contributed by atoms with Crippen LogP contribution in [-0.4, -0.2) is 25.3 Å². The molecule has 0 saturated carbocycles. The molecule has 1 aromatic heterocycles. The molecule has 0 spiro atoms. The highest BCUT2D eigenvalue weighted by atomic mass is 79.9. The van der Waals surface area contributed by atoms with Crippen molar-refractivity contribution in [2.24, 2.45) is 0 Å². The molecule has 1 heterocycles. The van der Waals surface area contributed by atoms with Gasteiger partial charge in [-0.25, -0.2) is 0 Å². The monoisotopic (exact) mass is 310 g/mol. The van der Waals surface area contributed by atoms with Gasteiger partial charge in [0.05, 0.1) is 24.8 Å². The van der Waals surface area contributed by atoms with E-state index in [1.165, 1.54) is 4.79 Å². The molecule has 0 aliphatic rings. The summed E-state index contributed by atoms with van der Waals surface area (Å²) in [6, 6.07) is 8.77. The molecular formula is C11H11BrN4O2. The van der Waals surface area contributed by atoms with Crippen LogP contribution in [-0.2, 0) is 0 Å². The predicted molar refractivity (Wildman–Crippen MR) is 68.3 cm³/mol. The molecule has 7 heteroatoms. The van der Waals surface area contributed by atoms with Crippen molar-refractivity contribution in [2.75, 3.05) is 19.1 Å². The molecule has 0 aliphatic heterocycles. The number of aromatic nitrogens is 2. The molecule has 0 atom stereocenters. The van der Waals surface area contributed by atoms with Gasteiger partial charge in [-0.15, -0.1) is 0 Å². The Hall–Kier alpha value is -1.89. The Morgan fingerprint density at radius 2 is 2.06 bits per heavy atom. The van der Waals surface area contributed by atoms with Gasteiger partial charge >= 0.3 is 4.60 Å². The van der Waals surface area contributed by atoms with Crippen LogP contribution in [0.2, 0.25) is 0 Å². The largest absolute Gasteiger partial charge is 0.583 e. The van der Waals surface area contributed by atoms with Crippen molar-refractivity contribution in [3.05, 3.63) is 45.8 Å². The molecule has 6 nitrogen and oxygen atoms in total. The second kappa shape index (κ2) is 5.18. The van der Waals surface area contributed by atoms with Gasteiger partial charge in [0.2, 0.25) is 5.27 Å². The molecule has 0 N–H and O–H groups in total. The van der Waals surface area contributed by atoms with Crippen LogP contribution < -0.4 is 9.80 Å². The van der Waals surface area contributed by atoms with E-state index < -0.39 is 0 Å². The average molecular weight is 311 g/mol. The van der Waals surface area contributed by atoms with E-state index in [1.807, 2.05) is 6.07 Å². The van der Waals surface area contributed by atoms with Crippen LogP contribution in [0.1, 0.15) is 10.4 Å². The summed E-state index contributed by atoms with van der Waals surface area (Å²) < 4.78 is 5.47. The third kappa shape index (κ3) is 2.51. The molecule has 94 valence electrons. The van der Waals surface area contributed by atoms with Gasteiger partial charge in [0.1, 0.15) is 0 Å². The zero-order valence-corrected chi connectivity index (χ0v) is 11.5. The third-order valence-corrected chi connectivity index (χ3v) is 2.82. The number of hydrogen-bond donors (Lipinski definition) is 0. The first-order chi connectivity index (χ1) is 8.59. The van der Waals surface area contributed by atoms with E-state index in [1.54, 1.807) is 43.4 Å². The van der Waals surface area contributed by atoms with Crippen LogP contribution in [0, 0.1) is 0 Å². The quantitative estimate of drug-likeness (QED) is 0.810. The molecule has 0 saturated heterocycles. The standard InChI is InChI=1S/C11H11BrN4O2/c1-15(2)16-9(12)11(18-14-16)13-10(17)8-6-4-3-5-7-8/h3-7H,1-2H3. The maximum atomic E-state index is 11.8. The topological polar surface area (TPSA) is 64.3 Å². The lowest BCUT2D eigenvalue weighted by atomic mass is 10.2. The smallest absolute Gasteiger partial charge is 0.333 e. The van der Waals surface area contributed by atoms with Gasteiger partial charge in [0.15, 0.2) is 5.88 Å². The minimum Gasteiger partial charge on any atom is -0.583 e. The Bertz CT molecular complexity index is 553. The van der Waals surface area contributed by atoms with Crippen LogP contribution in [0.25, 0.3) is 5.32 Å². The third-order valence-electron chi connectivity index (χ3n) is 2.16. The maximum absolute atomic E-state index is 11.8. The summed E-state index contributed by atoms with van der Waals surface area (Å²) in [7, 11) is 3.58. The molecule has 0 unspecified atom stereocenters. The average Bonchev–Trinajstić information content (AvgIpc) is 2.72. The molecule has 0 radical (unpaired) electrons. The molecule has 2 aromatic rings. The first kappa shape index (κ1) is 12.6. The van der Waals surface area contributed by atoms with E-state index in [-0.39, 0.29) is 11.8 Å². The Morgan fingerprint density at radius 3 is 2.61 bits per heavy atom. The van der Waals surface area contributed by atoms with Crippen molar-refractivity contribution < 1.29 is 14.1 Å². The second-order valence-electron chi connectivity index (χ2n) is 3.69. The van der Waals surface area contributed by atoms with Crippen molar-refractivity contribution in [2.45, 2.75) is 0 Å². The minimum absolute atomic E-state index is 0.137. The van der Waals surface area contributed by atoms with Gasteiger partial charge in [0.25, 0.3) is 0 Å². The molecule has 0 fully saturated rings. The van der Waals surface area contributed by atoms with E-state index >= 15 is 0 Å². The first-order valence-corrected chi connectivity index (χ1v) is 5.95. The normalized spacial score (nSPS) is 10.2. The van der Waals surface area contributed by atoms with Crippen LogP contribution in [0.15, 0.2) is 39.5 Å². The van der Waals surface area contributed by atoms with Crippen molar-refractivity contribution >= 4 is 27.7 Å². The first-order valence-electron chi connectivity index (χ1n) is 5.16. The fraction of sp³-hybridized carbons (Fsp3) is 0.182. The summed E-state index contributed by atoms with van der Waals surface area (Å²) in [6.45, 7) is 0. The van der Waals surface area contributed by atoms with Crippen molar-refractivity contribution in [3.8, 4) is 0 Å². The lowest BCUT2D eigenvalue weighted by Crippen LogP contribution is -2.54. The fourth-order valence-electron chi connectivity index (χ4n) is 1.29. The van der Waals surface area contributed by atoms with E-state index in [4.69, 9.17) is 4.52 Å². The molecule has 1 aromatic carbocycles. The zero-order valence-electron chi connectivity index (χ0n) is 9.87. The number of carbonyl (C=O) groups excluding carboxylic acids is 1. The van der Waals surface area contributed by atoms with Gasteiger partial charge < -0.3 is 14.6 Å².